The van der Waals surface area contributed by atoms with Gasteiger partial charge in [-0.05, 0) is 67.2 Å². The first kappa shape index (κ1) is 16.6. The minimum Gasteiger partial charge on any atom is -0.496 e. The highest BCUT2D eigenvalue weighted by Crippen LogP contribution is 2.42. The maximum Gasteiger partial charge on any atom is 0.122 e. The van der Waals surface area contributed by atoms with Crippen LogP contribution in [0.3, 0.4) is 0 Å². The van der Waals surface area contributed by atoms with Crippen molar-refractivity contribution in [2.75, 3.05) is 7.11 Å². The van der Waals surface area contributed by atoms with Crippen molar-refractivity contribution in [3.8, 4) is 5.75 Å². The van der Waals surface area contributed by atoms with Gasteiger partial charge in [-0.3, -0.25) is 0 Å². The van der Waals surface area contributed by atoms with E-state index in [0.717, 1.165) is 41.5 Å². The number of methoxy groups -OCH3 is 1. The molecule has 1 aromatic carbocycles. The van der Waals surface area contributed by atoms with Crippen molar-refractivity contribution in [1.82, 2.24) is 0 Å². The molecule has 3 heteroatoms. The van der Waals surface area contributed by atoms with Gasteiger partial charge in [0.2, 0.25) is 0 Å². The maximum absolute atomic E-state index is 6.67. The fourth-order valence-electron chi connectivity index (χ4n) is 3.50. The molecule has 0 saturated heterocycles. The monoisotopic (exact) mass is 309 g/mol. The molecule has 2 rings (SSSR count). The van der Waals surface area contributed by atoms with Gasteiger partial charge in [0.25, 0.3) is 0 Å². The third kappa shape index (κ3) is 4.14. The molecule has 2 N–H and O–H groups in total. The van der Waals surface area contributed by atoms with Gasteiger partial charge in [0.15, 0.2) is 0 Å². The lowest BCUT2D eigenvalue weighted by atomic mass is 9.66. The van der Waals surface area contributed by atoms with Gasteiger partial charge in [-0.25, -0.2) is 0 Å². The van der Waals surface area contributed by atoms with Gasteiger partial charge < -0.3 is 10.5 Å². The van der Waals surface area contributed by atoms with E-state index >= 15 is 0 Å². The van der Waals surface area contributed by atoms with Crippen LogP contribution in [0.1, 0.15) is 52.0 Å². The lowest BCUT2D eigenvalue weighted by Crippen LogP contribution is -2.46. The molecule has 0 heterocycles. The molecule has 0 aromatic heterocycles. The lowest BCUT2D eigenvalue weighted by Gasteiger charge is -2.42. The predicted molar refractivity (Wildman–Crippen MR) is 90.0 cm³/mol. The Bertz CT molecular complexity index is 484. The predicted octanol–water partition coefficient (Wildman–Crippen LogP) is 4.82. The average molecular weight is 310 g/mol. The summed E-state index contributed by atoms with van der Waals surface area (Å²) in [5, 5.41) is 0.748. The third-order valence-electron chi connectivity index (χ3n) is 4.99. The van der Waals surface area contributed by atoms with Crippen molar-refractivity contribution < 1.29 is 4.74 Å². The summed E-state index contributed by atoms with van der Waals surface area (Å²) in [7, 11) is 1.70. The molecule has 1 aliphatic rings. The molecule has 0 aliphatic heterocycles. The largest absolute Gasteiger partial charge is 0.496 e. The number of halogens is 1. The molecule has 1 saturated carbocycles. The van der Waals surface area contributed by atoms with E-state index in [-0.39, 0.29) is 5.54 Å². The molecule has 1 aromatic rings. The zero-order chi connectivity index (χ0) is 15.7. The van der Waals surface area contributed by atoms with E-state index < -0.39 is 0 Å². The molecule has 0 bridgehead atoms. The van der Waals surface area contributed by atoms with Crippen molar-refractivity contribution in [3.63, 3.8) is 0 Å². The fourth-order valence-corrected chi connectivity index (χ4v) is 3.69. The summed E-state index contributed by atoms with van der Waals surface area (Å²) >= 11 is 6.12. The van der Waals surface area contributed by atoms with Gasteiger partial charge in [0.05, 0.1) is 7.11 Å². The summed E-state index contributed by atoms with van der Waals surface area (Å²) in [6.45, 7) is 7.00. The Morgan fingerprint density at radius 1 is 1.29 bits per heavy atom. The summed E-state index contributed by atoms with van der Waals surface area (Å²) < 4.78 is 5.45. The third-order valence-corrected chi connectivity index (χ3v) is 5.23. The summed E-state index contributed by atoms with van der Waals surface area (Å²) in [6, 6.07) is 5.79. The Labute approximate surface area is 134 Å². The molecule has 0 unspecified atom stereocenters. The van der Waals surface area contributed by atoms with Crippen molar-refractivity contribution in [1.29, 1.82) is 0 Å². The van der Waals surface area contributed by atoms with Gasteiger partial charge in [-0.2, -0.15) is 0 Å². The van der Waals surface area contributed by atoms with Crippen LogP contribution in [0, 0.1) is 11.3 Å². The minimum atomic E-state index is -0.125. The van der Waals surface area contributed by atoms with E-state index in [4.69, 9.17) is 22.1 Å². The number of hydrogen-bond acceptors (Lipinski definition) is 2. The molecule has 21 heavy (non-hydrogen) atoms. The highest BCUT2D eigenvalue weighted by Gasteiger charge is 2.36. The summed E-state index contributed by atoms with van der Waals surface area (Å²) in [6.07, 6.45) is 5.41. The maximum atomic E-state index is 6.67. The van der Waals surface area contributed by atoms with Gasteiger partial charge in [0.1, 0.15) is 5.75 Å². The van der Waals surface area contributed by atoms with E-state index in [1.165, 1.54) is 12.8 Å². The molecular formula is C18H28ClNO. The summed E-state index contributed by atoms with van der Waals surface area (Å²) in [5.41, 5.74) is 8.06. The molecule has 0 spiro atoms. The second-order valence-corrected chi connectivity index (χ2v) is 8.07. The average Bonchev–Trinajstić information content (AvgIpc) is 2.38. The van der Waals surface area contributed by atoms with Crippen LogP contribution in [-0.4, -0.2) is 12.6 Å². The first-order chi connectivity index (χ1) is 9.73. The molecule has 1 aliphatic carbocycles. The molecule has 1 fully saturated rings. The quantitative estimate of drug-likeness (QED) is 0.868. The standard InChI is InChI=1S/C18H28ClNO/c1-17(2,3)14-7-9-18(20,10-8-14)12-13-11-15(19)5-6-16(13)21-4/h5-6,11,14H,7-10,12,20H2,1-4H3. The van der Waals surface area contributed by atoms with E-state index in [2.05, 4.69) is 20.8 Å². The molecular weight excluding hydrogens is 282 g/mol. The van der Waals surface area contributed by atoms with E-state index in [1.54, 1.807) is 7.11 Å². The summed E-state index contributed by atoms with van der Waals surface area (Å²) in [5.74, 6) is 1.66. The number of benzene rings is 1. The first-order valence-electron chi connectivity index (χ1n) is 7.85. The van der Waals surface area contributed by atoms with Crippen molar-refractivity contribution >= 4 is 11.6 Å². The Morgan fingerprint density at radius 3 is 2.43 bits per heavy atom. The molecule has 118 valence electrons. The zero-order valence-electron chi connectivity index (χ0n) is 13.7. The molecule has 0 amide bonds. The highest BCUT2D eigenvalue weighted by atomic mass is 35.5. The zero-order valence-corrected chi connectivity index (χ0v) is 14.5. The van der Waals surface area contributed by atoms with Crippen LogP contribution in [0.25, 0.3) is 0 Å². The SMILES string of the molecule is COc1ccc(Cl)cc1CC1(N)CCC(C(C)(C)C)CC1. The summed E-state index contributed by atoms with van der Waals surface area (Å²) in [4.78, 5) is 0. The van der Waals surface area contributed by atoms with Crippen LogP contribution < -0.4 is 10.5 Å². The number of rotatable bonds is 3. The molecule has 2 nitrogen and oxygen atoms in total. The Balaban J connectivity index is 2.08. The topological polar surface area (TPSA) is 35.2 Å². The van der Waals surface area contributed by atoms with Crippen LogP contribution in [0.15, 0.2) is 18.2 Å². The number of hydrogen-bond donors (Lipinski definition) is 1. The van der Waals surface area contributed by atoms with Crippen LogP contribution in [0.4, 0.5) is 0 Å². The first-order valence-corrected chi connectivity index (χ1v) is 8.23. The minimum absolute atomic E-state index is 0.125. The van der Waals surface area contributed by atoms with Crippen molar-refractivity contribution in [2.45, 2.75) is 58.4 Å². The van der Waals surface area contributed by atoms with Crippen LogP contribution >= 0.6 is 11.6 Å². The van der Waals surface area contributed by atoms with Gasteiger partial charge in [-0.1, -0.05) is 32.4 Å². The molecule has 0 atom stereocenters. The lowest BCUT2D eigenvalue weighted by molar-refractivity contribution is 0.133. The smallest absolute Gasteiger partial charge is 0.122 e. The second kappa shape index (κ2) is 6.18. The van der Waals surface area contributed by atoms with Gasteiger partial charge in [0, 0.05) is 10.6 Å². The Hall–Kier alpha value is -0.730. The van der Waals surface area contributed by atoms with E-state index in [1.807, 2.05) is 18.2 Å². The Kier molecular flexibility index (Phi) is 4.89. The van der Waals surface area contributed by atoms with E-state index in [9.17, 15) is 0 Å². The fraction of sp³-hybridized carbons (Fsp3) is 0.667. The Morgan fingerprint density at radius 2 is 1.90 bits per heavy atom. The van der Waals surface area contributed by atoms with Crippen molar-refractivity contribution in [2.24, 2.45) is 17.1 Å². The van der Waals surface area contributed by atoms with Crippen LogP contribution in [-0.2, 0) is 6.42 Å². The van der Waals surface area contributed by atoms with Crippen LogP contribution in [0.5, 0.6) is 5.75 Å². The van der Waals surface area contributed by atoms with E-state index in [0.29, 0.717) is 5.41 Å². The van der Waals surface area contributed by atoms with Crippen LogP contribution in [0.2, 0.25) is 5.02 Å². The molecule has 0 radical (unpaired) electrons. The normalized spacial score (nSPS) is 26.7. The number of ether oxygens (including phenoxy) is 1. The number of nitrogens with two attached hydrogens (primary N) is 1. The van der Waals surface area contributed by atoms with Crippen molar-refractivity contribution in [3.05, 3.63) is 28.8 Å². The van der Waals surface area contributed by atoms with Gasteiger partial charge >= 0.3 is 0 Å². The highest BCUT2D eigenvalue weighted by molar-refractivity contribution is 6.30. The van der Waals surface area contributed by atoms with Gasteiger partial charge in [-0.15, -0.1) is 0 Å². The second-order valence-electron chi connectivity index (χ2n) is 7.64.